The van der Waals surface area contributed by atoms with Gasteiger partial charge < -0.3 is 0 Å². The van der Waals surface area contributed by atoms with E-state index in [1.807, 2.05) is 0 Å². The summed E-state index contributed by atoms with van der Waals surface area (Å²) in [4.78, 5) is 2.62. The van der Waals surface area contributed by atoms with E-state index in [9.17, 15) is 0 Å². The minimum absolute atomic E-state index is 1.44. The van der Waals surface area contributed by atoms with Crippen molar-refractivity contribution in [3.8, 4) is 0 Å². The molecule has 0 spiro atoms. The van der Waals surface area contributed by atoms with Crippen LogP contribution in [0.1, 0.15) is 34.6 Å². The van der Waals surface area contributed by atoms with Crippen LogP contribution < -0.4 is 0 Å². The van der Waals surface area contributed by atoms with E-state index >= 15 is 0 Å². The molecule has 0 radical (unpaired) electrons. The first-order valence-electron chi connectivity index (χ1n) is 4.76. The molecule has 0 aliphatic heterocycles. The molecule has 0 aliphatic rings. The topological polar surface area (TPSA) is 0 Å². The molecule has 66 valence electrons. The predicted octanol–water partition coefficient (Wildman–Crippen LogP) is 4.00. The van der Waals surface area contributed by atoms with E-state index in [0.29, 0.717) is 0 Å². The van der Waals surface area contributed by atoms with E-state index in [1.54, 1.807) is 0 Å². The summed E-state index contributed by atoms with van der Waals surface area (Å²) in [5.74, 6) is 0. The second-order valence-corrected chi connectivity index (χ2v) is 14.4. The molecule has 0 amide bonds. The molecule has 0 rings (SSSR count). The Hall–Kier alpha value is 0.283. The number of rotatable bonds is 4. The third-order valence-electron chi connectivity index (χ3n) is 2.71. The fraction of sp³-hybridized carbons (Fsp3) is 0.800. The van der Waals surface area contributed by atoms with Crippen LogP contribution in [0.15, 0.2) is 10.5 Å². The van der Waals surface area contributed by atoms with Gasteiger partial charge in [0.15, 0.2) is 0 Å². The van der Waals surface area contributed by atoms with Crippen molar-refractivity contribution < 1.29 is 0 Å². The van der Waals surface area contributed by atoms with Crippen LogP contribution in [0, 0.1) is 0 Å². The van der Waals surface area contributed by atoms with Crippen LogP contribution in [0.2, 0.25) is 15.8 Å². The van der Waals surface area contributed by atoms with E-state index in [1.165, 1.54) is 21.3 Å². The minimum atomic E-state index is -1.44. The Morgan fingerprint density at radius 2 is 1.36 bits per heavy atom. The molecule has 0 aromatic rings. The summed E-state index contributed by atoms with van der Waals surface area (Å²) < 4.78 is 0. The molecule has 0 unspecified atom stereocenters. The molecule has 11 heavy (non-hydrogen) atoms. The Balaban J connectivity index is 4.42. The average molecular weight is 215 g/mol. The van der Waals surface area contributed by atoms with Crippen molar-refractivity contribution in [2.45, 2.75) is 50.4 Å². The molecule has 0 heterocycles. The molecular formula is C10H22Ge. The molecule has 1 heteroatoms. The molecule has 0 fully saturated rings. The van der Waals surface area contributed by atoms with Gasteiger partial charge in [-0.2, -0.15) is 0 Å². The van der Waals surface area contributed by atoms with Crippen LogP contribution in [-0.4, -0.2) is 13.3 Å². The molecule has 0 aromatic carbocycles. The molecule has 0 aliphatic carbocycles. The van der Waals surface area contributed by atoms with Crippen LogP contribution in [0.3, 0.4) is 0 Å². The molecule has 0 atom stereocenters. The molecule has 0 aromatic heterocycles. The van der Waals surface area contributed by atoms with Gasteiger partial charge in [0.25, 0.3) is 0 Å². The molecule has 0 bridgehead atoms. The van der Waals surface area contributed by atoms with Crippen LogP contribution in [0.5, 0.6) is 0 Å². The first kappa shape index (κ1) is 11.3. The molecule has 0 saturated carbocycles. The van der Waals surface area contributed by atoms with Crippen LogP contribution in [0.4, 0.5) is 0 Å². The van der Waals surface area contributed by atoms with Crippen LogP contribution in [0.25, 0.3) is 0 Å². The van der Waals surface area contributed by atoms with Crippen molar-refractivity contribution in [3.05, 3.63) is 10.5 Å². The Morgan fingerprint density at radius 1 is 1.00 bits per heavy atom. The van der Waals surface area contributed by atoms with E-state index in [-0.39, 0.29) is 0 Å². The van der Waals surface area contributed by atoms with E-state index in [0.717, 1.165) is 0 Å². The average Bonchev–Trinajstić information content (AvgIpc) is 2.00. The summed E-state index contributed by atoms with van der Waals surface area (Å²) in [6.45, 7) is 11.6. The third-order valence-corrected chi connectivity index (χ3v) is 14.1. The summed E-state index contributed by atoms with van der Waals surface area (Å²) in [7, 11) is 0. The van der Waals surface area contributed by atoms with E-state index in [4.69, 9.17) is 0 Å². The van der Waals surface area contributed by atoms with Gasteiger partial charge in [-0.3, -0.25) is 0 Å². The first-order valence-corrected chi connectivity index (χ1v) is 10.4. The van der Waals surface area contributed by atoms with E-state index in [2.05, 4.69) is 39.5 Å². The summed E-state index contributed by atoms with van der Waals surface area (Å²) >= 11 is -1.44. The van der Waals surface area contributed by atoms with Crippen molar-refractivity contribution in [1.82, 2.24) is 0 Å². The second-order valence-electron chi connectivity index (χ2n) is 3.64. The van der Waals surface area contributed by atoms with Gasteiger partial charge >= 0.3 is 74.1 Å². The Morgan fingerprint density at radius 3 is 1.45 bits per heavy atom. The third kappa shape index (κ3) is 3.46. The normalized spacial score (nSPS) is 11.4. The number of allylic oxidation sites excluding steroid dienone is 1. The second kappa shape index (κ2) is 5.02. The zero-order valence-corrected chi connectivity index (χ0v) is 10.8. The first-order chi connectivity index (χ1) is 5.10. The van der Waals surface area contributed by atoms with Crippen molar-refractivity contribution in [3.63, 3.8) is 0 Å². The maximum atomic E-state index is 2.62. The van der Waals surface area contributed by atoms with Crippen LogP contribution in [-0.2, 0) is 0 Å². The van der Waals surface area contributed by atoms with Gasteiger partial charge in [-0.1, -0.05) is 0 Å². The molecule has 0 saturated heterocycles. The van der Waals surface area contributed by atoms with Crippen molar-refractivity contribution >= 4 is 13.3 Å². The van der Waals surface area contributed by atoms with Gasteiger partial charge in [0.2, 0.25) is 0 Å². The fourth-order valence-electron chi connectivity index (χ4n) is 1.67. The van der Waals surface area contributed by atoms with Gasteiger partial charge in [-0.15, -0.1) is 0 Å². The van der Waals surface area contributed by atoms with Gasteiger partial charge in [-0.05, 0) is 0 Å². The SMILES string of the molecule is C[CH2][Ge]([CH]=C(C)C)([CH2]C)[CH2]C. The summed E-state index contributed by atoms with van der Waals surface area (Å²) in [6.07, 6.45) is 0. The predicted molar refractivity (Wildman–Crippen MR) is 56.6 cm³/mol. The van der Waals surface area contributed by atoms with Gasteiger partial charge in [0.05, 0.1) is 0 Å². The Bertz CT molecular complexity index is 120. The zero-order valence-electron chi connectivity index (χ0n) is 8.70. The summed E-state index contributed by atoms with van der Waals surface area (Å²) in [5, 5.41) is 4.37. The Labute approximate surface area is 74.4 Å². The van der Waals surface area contributed by atoms with Crippen molar-refractivity contribution in [2.75, 3.05) is 0 Å². The van der Waals surface area contributed by atoms with Gasteiger partial charge in [-0.25, -0.2) is 0 Å². The standard InChI is InChI=1S/C10H22Ge/c1-6-11(7-2,8-3)9-10(4)5/h9H,6-8H2,1-5H3. The molecular weight excluding hydrogens is 193 g/mol. The molecule has 0 nitrogen and oxygen atoms in total. The van der Waals surface area contributed by atoms with E-state index < -0.39 is 13.3 Å². The monoisotopic (exact) mass is 216 g/mol. The quantitative estimate of drug-likeness (QED) is 0.621. The number of hydrogen-bond donors (Lipinski definition) is 0. The fourth-order valence-corrected chi connectivity index (χ4v) is 8.67. The molecule has 0 N–H and O–H groups in total. The van der Waals surface area contributed by atoms with Gasteiger partial charge in [0.1, 0.15) is 0 Å². The zero-order chi connectivity index (χ0) is 8.91. The maximum absolute atomic E-state index is 2.62. The summed E-state index contributed by atoms with van der Waals surface area (Å²) in [5.41, 5.74) is 1.54. The van der Waals surface area contributed by atoms with Crippen LogP contribution >= 0.6 is 0 Å². The van der Waals surface area contributed by atoms with Crippen molar-refractivity contribution in [1.29, 1.82) is 0 Å². The Kier molecular flexibility index (Phi) is 5.15. The number of hydrogen-bond acceptors (Lipinski definition) is 0. The van der Waals surface area contributed by atoms with Gasteiger partial charge in [0, 0.05) is 0 Å². The summed E-state index contributed by atoms with van der Waals surface area (Å²) in [6, 6.07) is 0. The van der Waals surface area contributed by atoms with Crippen molar-refractivity contribution in [2.24, 2.45) is 0 Å².